The quantitative estimate of drug-likeness (QED) is 0.725. The molecule has 0 amide bonds. The van der Waals surface area contributed by atoms with Crippen molar-refractivity contribution in [1.82, 2.24) is 5.32 Å². The predicted octanol–water partition coefficient (Wildman–Crippen LogP) is 4.87. The van der Waals surface area contributed by atoms with Gasteiger partial charge in [-0.1, -0.05) is 36.9 Å². The molecule has 2 rings (SSSR count). The van der Waals surface area contributed by atoms with Crippen LogP contribution in [0.25, 0.3) is 0 Å². The number of nitrogens with one attached hydrogen (secondary N) is 1. The van der Waals surface area contributed by atoms with E-state index in [4.69, 9.17) is 16.3 Å². The van der Waals surface area contributed by atoms with Crippen LogP contribution >= 0.6 is 11.6 Å². The summed E-state index contributed by atoms with van der Waals surface area (Å²) in [5.74, 6) is -0.358. The average molecular weight is 314 g/mol. The Bertz CT molecular complexity index is 435. The van der Waals surface area contributed by atoms with E-state index in [0.29, 0.717) is 6.10 Å². The number of ether oxygens (including phenoxy) is 1. The van der Waals surface area contributed by atoms with Crippen molar-refractivity contribution < 1.29 is 9.13 Å². The number of rotatable bonds is 7. The van der Waals surface area contributed by atoms with Gasteiger partial charge in [-0.05, 0) is 50.4 Å². The minimum absolute atomic E-state index is 0.117. The van der Waals surface area contributed by atoms with Gasteiger partial charge in [-0.3, -0.25) is 0 Å². The van der Waals surface area contributed by atoms with E-state index in [2.05, 4.69) is 5.32 Å². The molecular formula is C17H25ClFNO. The maximum atomic E-state index is 13.4. The van der Waals surface area contributed by atoms with Crippen molar-refractivity contribution in [1.29, 1.82) is 0 Å². The van der Waals surface area contributed by atoms with Crippen LogP contribution in [0.1, 0.15) is 57.1 Å². The molecule has 0 radical (unpaired) electrons. The van der Waals surface area contributed by atoms with E-state index in [1.807, 2.05) is 13.0 Å². The number of benzene rings is 1. The van der Waals surface area contributed by atoms with Gasteiger partial charge in [0, 0.05) is 12.6 Å². The van der Waals surface area contributed by atoms with E-state index in [9.17, 15) is 4.39 Å². The first-order valence-corrected chi connectivity index (χ1v) is 8.34. The molecule has 1 aromatic rings. The largest absolute Gasteiger partial charge is 0.378 e. The van der Waals surface area contributed by atoms with Crippen molar-refractivity contribution in [2.24, 2.45) is 0 Å². The molecule has 0 aliphatic heterocycles. The molecule has 1 unspecified atom stereocenters. The third kappa shape index (κ3) is 5.57. The monoisotopic (exact) mass is 313 g/mol. The molecule has 1 saturated carbocycles. The van der Waals surface area contributed by atoms with Gasteiger partial charge in [0.2, 0.25) is 0 Å². The minimum Gasteiger partial charge on any atom is -0.378 e. The Kier molecular flexibility index (Phi) is 6.94. The van der Waals surface area contributed by atoms with E-state index in [-0.39, 0.29) is 16.9 Å². The molecule has 1 fully saturated rings. The Morgan fingerprint density at radius 2 is 2.10 bits per heavy atom. The molecule has 0 saturated heterocycles. The van der Waals surface area contributed by atoms with Crippen LogP contribution < -0.4 is 5.32 Å². The molecule has 118 valence electrons. The Hall–Kier alpha value is -0.640. The van der Waals surface area contributed by atoms with Crippen LogP contribution in [0.2, 0.25) is 5.02 Å². The average Bonchev–Trinajstić information content (AvgIpc) is 2.50. The van der Waals surface area contributed by atoms with Crippen molar-refractivity contribution in [3.05, 3.63) is 34.6 Å². The van der Waals surface area contributed by atoms with Gasteiger partial charge in [0.15, 0.2) is 0 Å². The highest BCUT2D eigenvalue weighted by Crippen LogP contribution is 2.21. The zero-order valence-electron chi connectivity index (χ0n) is 12.7. The molecule has 1 N–H and O–H groups in total. The van der Waals surface area contributed by atoms with Crippen molar-refractivity contribution in [3.63, 3.8) is 0 Å². The molecule has 0 spiro atoms. The summed E-state index contributed by atoms with van der Waals surface area (Å²) < 4.78 is 19.3. The molecule has 1 atom stereocenters. The van der Waals surface area contributed by atoms with E-state index < -0.39 is 0 Å². The maximum absolute atomic E-state index is 13.4. The minimum atomic E-state index is -0.358. The van der Waals surface area contributed by atoms with Crippen LogP contribution in [0.4, 0.5) is 4.39 Å². The van der Waals surface area contributed by atoms with E-state index >= 15 is 0 Å². The van der Waals surface area contributed by atoms with E-state index in [0.717, 1.165) is 25.1 Å². The SMILES string of the molecule is CC(NCCCOC1CCCCC1)c1ccc(Cl)c(F)c1. The summed E-state index contributed by atoms with van der Waals surface area (Å²) in [6.07, 6.45) is 7.86. The lowest BCUT2D eigenvalue weighted by molar-refractivity contribution is 0.0271. The first-order valence-electron chi connectivity index (χ1n) is 7.97. The molecule has 1 aromatic carbocycles. The lowest BCUT2D eigenvalue weighted by Crippen LogP contribution is -2.23. The molecule has 0 bridgehead atoms. The van der Waals surface area contributed by atoms with Gasteiger partial charge in [0.25, 0.3) is 0 Å². The highest BCUT2D eigenvalue weighted by atomic mass is 35.5. The molecule has 1 aliphatic carbocycles. The Labute approximate surface area is 132 Å². The number of hydrogen-bond donors (Lipinski definition) is 1. The lowest BCUT2D eigenvalue weighted by Gasteiger charge is -2.22. The second-order valence-corrected chi connectivity index (χ2v) is 6.24. The van der Waals surface area contributed by atoms with Gasteiger partial charge in [-0.25, -0.2) is 4.39 Å². The Morgan fingerprint density at radius 1 is 1.33 bits per heavy atom. The van der Waals surface area contributed by atoms with Crippen LogP contribution in [0.3, 0.4) is 0 Å². The van der Waals surface area contributed by atoms with Gasteiger partial charge in [-0.15, -0.1) is 0 Å². The van der Waals surface area contributed by atoms with Crippen LogP contribution in [0, 0.1) is 5.82 Å². The molecule has 21 heavy (non-hydrogen) atoms. The summed E-state index contributed by atoms with van der Waals surface area (Å²) in [6.45, 7) is 3.71. The lowest BCUT2D eigenvalue weighted by atomic mass is 9.98. The van der Waals surface area contributed by atoms with Crippen LogP contribution in [0.5, 0.6) is 0 Å². The van der Waals surface area contributed by atoms with Gasteiger partial charge in [0.1, 0.15) is 5.82 Å². The zero-order valence-corrected chi connectivity index (χ0v) is 13.5. The fourth-order valence-corrected chi connectivity index (χ4v) is 2.89. The van der Waals surface area contributed by atoms with Crippen molar-refractivity contribution in [2.45, 2.75) is 57.6 Å². The summed E-state index contributed by atoms with van der Waals surface area (Å²) in [4.78, 5) is 0. The molecule has 0 heterocycles. The topological polar surface area (TPSA) is 21.3 Å². The van der Waals surface area contributed by atoms with Crippen molar-refractivity contribution in [2.75, 3.05) is 13.2 Å². The molecule has 0 aromatic heterocycles. The van der Waals surface area contributed by atoms with E-state index in [1.54, 1.807) is 6.07 Å². The van der Waals surface area contributed by atoms with Crippen LogP contribution in [-0.4, -0.2) is 19.3 Å². The molecule has 4 heteroatoms. The maximum Gasteiger partial charge on any atom is 0.142 e. The summed E-state index contributed by atoms with van der Waals surface area (Å²) in [6, 6.07) is 5.09. The van der Waals surface area contributed by atoms with Gasteiger partial charge < -0.3 is 10.1 Å². The highest BCUT2D eigenvalue weighted by molar-refractivity contribution is 6.30. The van der Waals surface area contributed by atoms with Gasteiger partial charge >= 0.3 is 0 Å². The molecular weight excluding hydrogens is 289 g/mol. The molecule has 2 nitrogen and oxygen atoms in total. The Balaban J connectivity index is 1.62. The molecule has 1 aliphatic rings. The normalized spacial score (nSPS) is 17.9. The smallest absolute Gasteiger partial charge is 0.142 e. The number of halogens is 2. The Morgan fingerprint density at radius 3 is 2.81 bits per heavy atom. The highest BCUT2D eigenvalue weighted by Gasteiger charge is 2.13. The number of hydrogen-bond acceptors (Lipinski definition) is 2. The standard InChI is InChI=1S/C17H25ClFNO/c1-13(14-8-9-16(18)17(19)12-14)20-10-5-11-21-15-6-3-2-4-7-15/h8-9,12-13,15,20H,2-7,10-11H2,1H3. The van der Waals surface area contributed by atoms with Crippen LogP contribution in [-0.2, 0) is 4.74 Å². The third-order valence-corrected chi connectivity index (χ3v) is 4.43. The van der Waals surface area contributed by atoms with Gasteiger partial charge in [0.05, 0.1) is 11.1 Å². The zero-order chi connectivity index (χ0) is 15.1. The first kappa shape index (κ1) is 16.7. The summed E-state index contributed by atoms with van der Waals surface area (Å²) in [7, 11) is 0. The van der Waals surface area contributed by atoms with E-state index in [1.165, 1.54) is 38.2 Å². The van der Waals surface area contributed by atoms with Crippen LogP contribution in [0.15, 0.2) is 18.2 Å². The second kappa shape index (κ2) is 8.72. The fraction of sp³-hybridized carbons (Fsp3) is 0.647. The summed E-state index contributed by atoms with van der Waals surface area (Å²) in [5, 5.41) is 3.57. The third-order valence-electron chi connectivity index (χ3n) is 4.12. The summed E-state index contributed by atoms with van der Waals surface area (Å²) in [5.41, 5.74) is 0.921. The first-order chi connectivity index (χ1) is 10.2. The van der Waals surface area contributed by atoms with Gasteiger partial charge in [-0.2, -0.15) is 0 Å². The van der Waals surface area contributed by atoms with Crippen molar-refractivity contribution in [3.8, 4) is 0 Å². The summed E-state index contributed by atoms with van der Waals surface area (Å²) >= 11 is 5.69. The van der Waals surface area contributed by atoms with Crippen molar-refractivity contribution >= 4 is 11.6 Å². The second-order valence-electron chi connectivity index (χ2n) is 5.83. The fourth-order valence-electron chi connectivity index (χ4n) is 2.77. The predicted molar refractivity (Wildman–Crippen MR) is 85.3 cm³/mol.